The first-order valence-corrected chi connectivity index (χ1v) is 6.71. The van der Waals surface area contributed by atoms with Gasteiger partial charge < -0.3 is 10.5 Å². The number of aromatic nitrogens is 1. The molecule has 0 aliphatic carbocycles. The summed E-state index contributed by atoms with van der Waals surface area (Å²) in [6.07, 6.45) is 1.71. The molecule has 104 valence electrons. The van der Waals surface area contributed by atoms with Crippen LogP contribution in [0.15, 0.2) is 34.7 Å². The van der Waals surface area contributed by atoms with Crippen LogP contribution in [0.3, 0.4) is 0 Å². The maximum absolute atomic E-state index is 11.6. The second-order valence-corrected chi connectivity index (χ2v) is 4.81. The molecule has 0 aliphatic heterocycles. The number of carbonyl (C=O) groups is 1. The molecule has 20 heavy (non-hydrogen) atoms. The van der Waals surface area contributed by atoms with Crippen molar-refractivity contribution >= 4 is 28.6 Å². The molecule has 2 aromatic rings. The molecule has 0 atom stereocenters. The summed E-state index contributed by atoms with van der Waals surface area (Å²) in [7, 11) is 1.59. The van der Waals surface area contributed by atoms with Crippen LogP contribution in [0.1, 0.15) is 11.3 Å². The van der Waals surface area contributed by atoms with Crippen molar-refractivity contribution in [2.24, 2.45) is 5.10 Å². The van der Waals surface area contributed by atoms with Gasteiger partial charge in [-0.2, -0.15) is 5.10 Å². The van der Waals surface area contributed by atoms with E-state index >= 15 is 0 Å². The van der Waals surface area contributed by atoms with Gasteiger partial charge in [-0.3, -0.25) is 4.79 Å². The van der Waals surface area contributed by atoms with E-state index in [0.29, 0.717) is 10.8 Å². The largest absolute Gasteiger partial charge is 0.497 e. The van der Waals surface area contributed by atoms with Crippen LogP contribution in [0.2, 0.25) is 0 Å². The van der Waals surface area contributed by atoms with Gasteiger partial charge in [0.15, 0.2) is 5.13 Å². The van der Waals surface area contributed by atoms with Gasteiger partial charge in [0, 0.05) is 5.38 Å². The Labute approximate surface area is 120 Å². The van der Waals surface area contributed by atoms with Crippen molar-refractivity contribution < 1.29 is 9.53 Å². The highest BCUT2D eigenvalue weighted by Gasteiger charge is 2.05. The number of hydrogen-bond donors (Lipinski definition) is 2. The summed E-state index contributed by atoms with van der Waals surface area (Å²) >= 11 is 1.31. The zero-order valence-electron chi connectivity index (χ0n) is 10.9. The Morgan fingerprint density at radius 3 is 3.15 bits per heavy atom. The second kappa shape index (κ2) is 6.67. The number of thiazole rings is 1. The van der Waals surface area contributed by atoms with E-state index in [4.69, 9.17) is 10.5 Å². The summed E-state index contributed by atoms with van der Waals surface area (Å²) < 4.78 is 5.10. The molecule has 0 saturated carbocycles. The smallest absolute Gasteiger partial charge is 0.246 e. The van der Waals surface area contributed by atoms with Crippen LogP contribution >= 0.6 is 11.3 Å². The molecule has 0 bridgehead atoms. The van der Waals surface area contributed by atoms with Gasteiger partial charge in [-0.1, -0.05) is 12.1 Å². The van der Waals surface area contributed by atoms with Crippen molar-refractivity contribution in [1.82, 2.24) is 10.4 Å². The summed E-state index contributed by atoms with van der Waals surface area (Å²) in [5.41, 5.74) is 9.41. The molecular weight excluding hydrogens is 276 g/mol. The van der Waals surface area contributed by atoms with Gasteiger partial charge in [0.1, 0.15) is 5.75 Å². The summed E-state index contributed by atoms with van der Waals surface area (Å²) in [6, 6.07) is 7.36. The van der Waals surface area contributed by atoms with Crippen LogP contribution in [-0.4, -0.2) is 24.2 Å². The van der Waals surface area contributed by atoms with Gasteiger partial charge in [-0.15, -0.1) is 11.3 Å². The fraction of sp³-hybridized carbons (Fsp3) is 0.154. The molecule has 0 unspecified atom stereocenters. The van der Waals surface area contributed by atoms with E-state index < -0.39 is 0 Å². The number of ether oxygens (including phenoxy) is 1. The van der Waals surface area contributed by atoms with Gasteiger partial charge in [-0.25, -0.2) is 10.4 Å². The molecule has 0 saturated heterocycles. The van der Waals surface area contributed by atoms with E-state index in [2.05, 4.69) is 15.5 Å². The van der Waals surface area contributed by atoms with Crippen molar-refractivity contribution in [3.05, 3.63) is 40.9 Å². The minimum absolute atomic E-state index is 0.156. The number of methoxy groups -OCH3 is 1. The lowest BCUT2D eigenvalue weighted by molar-refractivity contribution is -0.120. The Morgan fingerprint density at radius 2 is 2.45 bits per heavy atom. The van der Waals surface area contributed by atoms with Crippen LogP contribution < -0.4 is 15.9 Å². The number of rotatable bonds is 5. The summed E-state index contributed by atoms with van der Waals surface area (Å²) in [5.74, 6) is 0.493. The molecule has 1 aromatic heterocycles. The number of nitrogens with two attached hydrogens (primary N) is 1. The molecule has 3 N–H and O–H groups in total. The lowest BCUT2D eigenvalue weighted by Gasteiger charge is -2.00. The number of nitrogen functional groups attached to an aromatic ring is 1. The van der Waals surface area contributed by atoms with Crippen LogP contribution in [0.25, 0.3) is 0 Å². The van der Waals surface area contributed by atoms with E-state index in [9.17, 15) is 4.79 Å². The molecule has 6 nitrogen and oxygen atoms in total. The molecular formula is C13H14N4O2S. The van der Waals surface area contributed by atoms with E-state index in [1.807, 2.05) is 24.3 Å². The first-order valence-electron chi connectivity index (χ1n) is 5.83. The van der Waals surface area contributed by atoms with E-state index in [1.165, 1.54) is 11.3 Å². The summed E-state index contributed by atoms with van der Waals surface area (Å²) in [5, 5.41) is 6.09. The van der Waals surface area contributed by atoms with Crippen molar-refractivity contribution in [2.75, 3.05) is 12.8 Å². The predicted molar refractivity (Wildman–Crippen MR) is 79.0 cm³/mol. The zero-order valence-corrected chi connectivity index (χ0v) is 11.7. The minimum atomic E-state index is -0.241. The third kappa shape index (κ3) is 4.06. The van der Waals surface area contributed by atoms with Gasteiger partial charge in [0.25, 0.3) is 0 Å². The quantitative estimate of drug-likeness (QED) is 0.644. The molecule has 0 spiro atoms. The Bertz CT molecular complexity index is 624. The molecule has 0 fully saturated rings. The van der Waals surface area contributed by atoms with E-state index in [1.54, 1.807) is 18.7 Å². The number of carbonyl (C=O) groups excluding carboxylic acids is 1. The second-order valence-electron chi connectivity index (χ2n) is 3.92. The molecule has 0 radical (unpaired) electrons. The number of nitrogens with one attached hydrogen (secondary N) is 1. The number of amides is 1. The number of benzene rings is 1. The fourth-order valence-corrected chi connectivity index (χ4v) is 2.07. The number of anilines is 1. The Balaban J connectivity index is 1.87. The van der Waals surface area contributed by atoms with Gasteiger partial charge in [-0.05, 0) is 17.7 Å². The average molecular weight is 290 g/mol. The van der Waals surface area contributed by atoms with Crippen molar-refractivity contribution in [2.45, 2.75) is 6.42 Å². The van der Waals surface area contributed by atoms with Crippen molar-refractivity contribution in [3.8, 4) is 5.75 Å². The molecule has 1 amide bonds. The Hall–Kier alpha value is -2.41. The molecule has 0 aliphatic rings. The lowest BCUT2D eigenvalue weighted by atomic mass is 10.2. The highest BCUT2D eigenvalue weighted by Crippen LogP contribution is 2.11. The van der Waals surface area contributed by atoms with Gasteiger partial charge in [0.05, 0.1) is 25.4 Å². The third-order valence-electron chi connectivity index (χ3n) is 2.41. The standard InChI is InChI=1S/C13H14N4O2S/c1-19-11-4-2-3-9(5-11)7-15-17-12(18)6-10-8-20-13(14)16-10/h2-5,7-8H,6H2,1H3,(H2,14,16)(H,17,18)/b15-7+. The molecule has 1 heterocycles. The highest BCUT2D eigenvalue weighted by molar-refractivity contribution is 7.13. The SMILES string of the molecule is COc1cccc(/C=N/NC(=O)Cc2csc(N)n2)c1. The molecule has 7 heteroatoms. The Morgan fingerprint density at radius 1 is 1.60 bits per heavy atom. The fourth-order valence-electron chi connectivity index (χ4n) is 1.51. The highest BCUT2D eigenvalue weighted by atomic mass is 32.1. The third-order valence-corrected chi connectivity index (χ3v) is 3.13. The Kier molecular flexibility index (Phi) is 4.67. The number of nitrogens with zero attached hydrogens (tertiary/aromatic N) is 2. The van der Waals surface area contributed by atoms with Gasteiger partial charge in [0.2, 0.25) is 5.91 Å². The van der Waals surface area contributed by atoms with Crippen molar-refractivity contribution in [3.63, 3.8) is 0 Å². The lowest BCUT2D eigenvalue weighted by Crippen LogP contribution is -2.19. The van der Waals surface area contributed by atoms with Crippen molar-refractivity contribution in [1.29, 1.82) is 0 Å². The first-order chi connectivity index (χ1) is 9.67. The van der Waals surface area contributed by atoms with Crippen LogP contribution in [-0.2, 0) is 11.2 Å². The summed E-state index contributed by atoms with van der Waals surface area (Å²) in [4.78, 5) is 15.6. The monoisotopic (exact) mass is 290 g/mol. The van der Waals surface area contributed by atoms with Crippen LogP contribution in [0, 0.1) is 0 Å². The molecule has 1 aromatic carbocycles. The van der Waals surface area contributed by atoms with E-state index in [0.717, 1.165) is 11.3 Å². The summed E-state index contributed by atoms with van der Waals surface area (Å²) in [6.45, 7) is 0. The first kappa shape index (κ1) is 14.0. The normalized spacial score (nSPS) is 10.7. The minimum Gasteiger partial charge on any atom is -0.497 e. The van der Waals surface area contributed by atoms with Crippen LogP contribution in [0.5, 0.6) is 5.75 Å². The maximum atomic E-state index is 11.6. The van der Waals surface area contributed by atoms with Gasteiger partial charge >= 0.3 is 0 Å². The van der Waals surface area contributed by atoms with E-state index in [-0.39, 0.29) is 12.3 Å². The van der Waals surface area contributed by atoms with Crippen LogP contribution in [0.4, 0.5) is 5.13 Å². The number of hydrazone groups is 1. The average Bonchev–Trinajstić information content (AvgIpc) is 2.84. The topological polar surface area (TPSA) is 89.6 Å². The predicted octanol–water partition coefficient (Wildman–Crippen LogP) is 1.43. The zero-order chi connectivity index (χ0) is 14.4. The number of hydrogen-bond acceptors (Lipinski definition) is 6. The maximum Gasteiger partial charge on any atom is 0.246 e. The molecule has 2 rings (SSSR count).